The molecule has 0 unspecified atom stereocenters. The zero-order chi connectivity index (χ0) is 14.8. The third kappa shape index (κ3) is 37.3. The van der Waals surface area contributed by atoms with Crippen molar-refractivity contribution in [1.29, 1.82) is 0 Å². The van der Waals surface area contributed by atoms with Gasteiger partial charge in [0.05, 0.1) is 0 Å². The number of para-hydroxylation sites is 1. The van der Waals surface area contributed by atoms with E-state index in [1.54, 1.807) is 24.3 Å². The van der Waals surface area contributed by atoms with Crippen LogP contribution in [0, 0.1) is 0 Å². The minimum Gasteiger partial charge on any atom is -0.508 e. The van der Waals surface area contributed by atoms with Crippen molar-refractivity contribution in [3.8, 4) is 5.75 Å². The van der Waals surface area contributed by atoms with Crippen molar-refractivity contribution < 1.29 is 19.5 Å². The van der Waals surface area contributed by atoms with Crippen LogP contribution in [0.15, 0.2) is 30.3 Å². The van der Waals surface area contributed by atoms with Crippen molar-refractivity contribution in [3.63, 3.8) is 0 Å². The second kappa shape index (κ2) is 20.1. The molecular formula is C12H20N2O4. The number of urea groups is 1. The maximum Gasteiger partial charge on any atom is 0.309 e. The van der Waals surface area contributed by atoms with Crippen LogP contribution in [0.2, 0.25) is 0 Å². The van der Waals surface area contributed by atoms with Crippen molar-refractivity contribution in [1.82, 2.24) is 0 Å². The lowest BCUT2D eigenvalue weighted by atomic mass is 10.3. The fourth-order valence-electron chi connectivity index (χ4n) is 0.546. The van der Waals surface area contributed by atoms with Crippen molar-refractivity contribution in [3.05, 3.63) is 30.3 Å². The Kier molecular flexibility index (Phi) is 23.4. The summed E-state index contributed by atoms with van der Waals surface area (Å²) in [6, 6.07) is 7.88. The van der Waals surface area contributed by atoms with Crippen molar-refractivity contribution in [2.75, 3.05) is 0 Å². The standard InChI is InChI=1S/C6H6O.C4H8O.CH4N2O.CH2O/c7-6-4-2-1-3-5-6;1-2-3-4-5;2-1(3)4;1-2/h1-5,7H;4H,2-3H2,1H3;(H4,2,3,4);1H2. The molecule has 6 heteroatoms. The molecule has 1 aromatic rings. The Balaban J connectivity index is -0.000000183. The lowest BCUT2D eigenvalue weighted by Crippen LogP contribution is -2.18. The van der Waals surface area contributed by atoms with Crippen molar-refractivity contribution >= 4 is 19.1 Å². The van der Waals surface area contributed by atoms with Crippen LogP contribution in [-0.4, -0.2) is 24.2 Å². The summed E-state index contributed by atoms with van der Waals surface area (Å²) in [6.45, 7) is 3.98. The predicted octanol–water partition coefficient (Wildman–Crippen LogP) is 1.22. The smallest absolute Gasteiger partial charge is 0.309 e. The van der Waals surface area contributed by atoms with Gasteiger partial charge in [-0.25, -0.2) is 4.79 Å². The largest absolute Gasteiger partial charge is 0.508 e. The van der Waals surface area contributed by atoms with Gasteiger partial charge in [-0.15, -0.1) is 0 Å². The van der Waals surface area contributed by atoms with Crippen LogP contribution in [0.4, 0.5) is 4.79 Å². The molecular weight excluding hydrogens is 236 g/mol. The summed E-state index contributed by atoms with van der Waals surface area (Å²) in [5.74, 6) is 0.322. The number of aldehydes is 1. The highest BCUT2D eigenvalue weighted by Crippen LogP contribution is 2.02. The lowest BCUT2D eigenvalue weighted by Gasteiger charge is -1.82. The van der Waals surface area contributed by atoms with Crippen molar-refractivity contribution in [2.45, 2.75) is 19.8 Å². The Hall–Kier alpha value is -2.37. The molecule has 2 amide bonds. The molecule has 0 saturated heterocycles. The monoisotopic (exact) mass is 256 g/mol. The van der Waals surface area contributed by atoms with Crippen LogP contribution in [0.25, 0.3) is 0 Å². The molecule has 0 saturated carbocycles. The van der Waals surface area contributed by atoms with E-state index in [-0.39, 0.29) is 0 Å². The first-order valence-electron chi connectivity index (χ1n) is 5.06. The van der Waals surface area contributed by atoms with E-state index in [1.807, 2.05) is 19.8 Å². The summed E-state index contributed by atoms with van der Waals surface area (Å²) in [5.41, 5.74) is 8.50. The van der Waals surface area contributed by atoms with E-state index in [0.29, 0.717) is 12.2 Å². The topological polar surface area (TPSA) is 123 Å². The summed E-state index contributed by atoms with van der Waals surface area (Å²) < 4.78 is 0. The van der Waals surface area contributed by atoms with E-state index in [0.717, 1.165) is 12.7 Å². The molecule has 0 aliphatic rings. The number of primary amides is 2. The molecule has 0 heterocycles. The van der Waals surface area contributed by atoms with E-state index in [1.165, 1.54) is 0 Å². The van der Waals surface area contributed by atoms with Gasteiger partial charge < -0.3 is 26.2 Å². The molecule has 0 atom stereocenters. The van der Waals surface area contributed by atoms with E-state index in [9.17, 15) is 4.79 Å². The quantitative estimate of drug-likeness (QED) is 0.688. The fourth-order valence-corrected chi connectivity index (χ4v) is 0.546. The zero-order valence-electron chi connectivity index (χ0n) is 10.4. The number of unbranched alkanes of at least 4 members (excludes halogenated alkanes) is 1. The molecule has 0 aliphatic heterocycles. The third-order valence-corrected chi connectivity index (χ3v) is 1.16. The average Bonchev–Trinajstić information content (AvgIpc) is 2.34. The Morgan fingerprint density at radius 2 is 1.67 bits per heavy atom. The summed E-state index contributed by atoms with van der Waals surface area (Å²) in [6.07, 6.45) is 2.61. The molecule has 18 heavy (non-hydrogen) atoms. The van der Waals surface area contributed by atoms with E-state index in [2.05, 4.69) is 11.5 Å². The average molecular weight is 256 g/mol. The van der Waals surface area contributed by atoms with Crippen LogP contribution in [0.1, 0.15) is 19.8 Å². The third-order valence-electron chi connectivity index (χ3n) is 1.16. The number of nitrogens with two attached hydrogens (primary N) is 2. The molecule has 5 N–H and O–H groups in total. The number of hydrogen-bond donors (Lipinski definition) is 3. The summed E-state index contributed by atoms with van der Waals surface area (Å²) >= 11 is 0. The zero-order valence-corrected chi connectivity index (χ0v) is 10.4. The summed E-state index contributed by atoms with van der Waals surface area (Å²) in [5, 5.41) is 8.63. The van der Waals surface area contributed by atoms with Crippen LogP contribution < -0.4 is 11.5 Å². The summed E-state index contributed by atoms with van der Waals surface area (Å²) in [7, 11) is 0. The highest BCUT2D eigenvalue weighted by atomic mass is 16.3. The van der Waals surface area contributed by atoms with E-state index < -0.39 is 6.03 Å². The number of amides is 2. The minimum absolute atomic E-state index is 0.322. The van der Waals surface area contributed by atoms with Crippen LogP contribution in [-0.2, 0) is 9.59 Å². The van der Waals surface area contributed by atoms with Crippen LogP contribution in [0.5, 0.6) is 5.75 Å². The van der Waals surface area contributed by atoms with Crippen molar-refractivity contribution in [2.24, 2.45) is 11.5 Å². The maximum atomic E-state index is 9.40. The first-order valence-corrected chi connectivity index (χ1v) is 5.06. The Labute approximate surface area is 107 Å². The lowest BCUT2D eigenvalue weighted by molar-refractivity contribution is -0.107. The maximum absolute atomic E-state index is 9.40. The van der Waals surface area contributed by atoms with Crippen LogP contribution in [0.3, 0.4) is 0 Å². The molecule has 0 bridgehead atoms. The minimum atomic E-state index is -0.833. The Bertz CT molecular complexity index is 287. The molecule has 0 fully saturated rings. The molecule has 6 nitrogen and oxygen atoms in total. The molecule has 1 rings (SSSR count). The molecule has 102 valence electrons. The van der Waals surface area contributed by atoms with Gasteiger partial charge in [0.1, 0.15) is 18.8 Å². The van der Waals surface area contributed by atoms with Gasteiger partial charge in [0.25, 0.3) is 0 Å². The van der Waals surface area contributed by atoms with Gasteiger partial charge in [0.15, 0.2) is 0 Å². The predicted molar refractivity (Wildman–Crippen MR) is 70.0 cm³/mol. The Morgan fingerprint density at radius 1 is 1.28 bits per heavy atom. The number of phenols is 1. The second-order valence-corrected chi connectivity index (χ2v) is 2.69. The van der Waals surface area contributed by atoms with Gasteiger partial charge >= 0.3 is 6.03 Å². The van der Waals surface area contributed by atoms with Gasteiger partial charge in [-0.3, -0.25) is 0 Å². The molecule has 0 aliphatic carbocycles. The number of hydrogen-bond acceptors (Lipinski definition) is 4. The molecule has 1 aromatic carbocycles. The number of rotatable bonds is 2. The Morgan fingerprint density at radius 3 is 1.78 bits per heavy atom. The molecule has 0 spiro atoms. The fraction of sp³-hybridized carbons (Fsp3) is 0.250. The number of benzene rings is 1. The normalized spacial score (nSPS) is 6.94. The molecule has 0 radical (unpaired) electrons. The highest BCUT2D eigenvalue weighted by molar-refractivity contribution is 5.69. The first-order chi connectivity index (χ1) is 8.54. The number of aromatic hydroxyl groups is 1. The number of carbonyl (C=O) groups is 3. The summed E-state index contributed by atoms with van der Waals surface area (Å²) in [4.78, 5) is 26.4. The van der Waals surface area contributed by atoms with Gasteiger partial charge in [0.2, 0.25) is 0 Å². The van der Waals surface area contributed by atoms with Gasteiger partial charge in [0, 0.05) is 6.42 Å². The van der Waals surface area contributed by atoms with Gasteiger partial charge in [-0.2, -0.15) is 0 Å². The van der Waals surface area contributed by atoms with E-state index >= 15 is 0 Å². The van der Waals surface area contributed by atoms with Crippen LogP contribution >= 0.6 is 0 Å². The molecule has 0 aromatic heterocycles. The van der Waals surface area contributed by atoms with Gasteiger partial charge in [-0.1, -0.05) is 25.1 Å². The number of phenolic OH excluding ortho intramolecular Hbond substituents is 1. The van der Waals surface area contributed by atoms with Gasteiger partial charge in [-0.05, 0) is 18.6 Å². The first kappa shape index (κ1) is 21.0. The highest BCUT2D eigenvalue weighted by Gasteiger charge is 1.74. The van der Waals surface area contributed by atoms with E-state index in [4.69, 9.17) is 14.7 Å². The second-order valence-electron chi connectivity index (χ2n) is 2.69. The SMILES string of the molecule is C=O.CCCC=O.NC(N)=O.Oc1ccccc1. The number of carbonyl (C=O) groups excluding carboxylic acids is 3.